The molecule has 250 valence electrons. The molecule has 0 bridgehead atoms. The van der Waals surface area contributed by atoms with Crippen LogP contribution >= 0.6 is 0 Å². The number of benzene rings is 2. The summed E-state index contributed by atoms with van der Waals surface area (Å²) in [7, 11) is 0. The Hall–Kier alpha value is -1.96. The van der Waals surface area contributed by atoms with Gasteiger partial charge in [-0.05, 0) is 96.3 Å². The Bertz CT molecular complexity index is 1040. The molecule has 2 aromatic rings. The van der Waals surface area contributed by atoms with Crippen molar-refractivity contribution in [1.82, 2.24) is 0 Å². The van der Waals surface area contributed by atoms with Crippen LogP contribution in [0, 0.1) is 0 Å². The van der Waals surface area contributed by atoms with Crippen LogP contribution in [0.1, 0.15) is 204 Å². The number of hydrogen-bond acceptors (Lipinski definition) is 2. The molecule has 2 heteroatoms. The maximum atomic E-state index is 11.1. The third-order valence-electron chi connectivity index (χ3n) is 11.1. The summed E-state index contributed by atoms with van der Waals surface area (Å²) in [4.78, 5) is 0. The molecule has 0 amide bonds. The van der Waals surface area contributed by atoms with Crippen molar-refractivity contribution in [1.29, 1.82) is 0 Å². The molecule has 2 nitrogen and oxygen atoms in total. The van der Waals surface area contributed by atoms with Crippen molar-refractivity contribution >= 4 is 0 Å². The molecule has 0 aliphatic carbocycles. The van der Waals surface area contributed by atoms with Gasteiger partial charge in [-0.15, -0.1) is 0 Å². The van der Waals surface area contributed by atoms with Gasteiger partial charge in [0.25, 0.3) is 0 Å². The minimum atomic E-state index is 0.0000752. The monoisotopic (exact) mass is 607 g/mol. The second kappa shape index (κ2) is 18.3. The van der Waals surface area contributed by atoms with Crippen LogP contribution < -0.4 is 0 Å². The summed E-state index contributed by atoms with van der Waals surface area (Å²) < 4.78 is 0. The number of hydrogen-bond donors (Lipinski definition) is 2. The standard InChI is InChI=1S/C42H70O2/c1-11-31(5)35-27-33(29-37(39(35)43)41(7,8)13-3)25-23-21-19-17-15-16-18-20-22-24-26-34-28-36(32(6)12-2)40(44)38(30-34)42(9,10)14-4/h27-32,43-44H,11-26H2,1-10H3. The second-order valence-electron chi connectivity index (χ2n) is 15.3. The van der Waals surface area contributed by atoms with Gasteiger partial charge in [-0.3, -0.25) is 0 Å². The van der Waals surface area contributed by atoms with E-state index >= 15 is 0 Å². The van der Waals surface area contributed by atoms with Crippen molar-refractivity contribution < 1.29 is 10.2 Å². The Kier molecular flexibility index (Phi) is 15.9. The summed E-state index contributed by atoms with van der Waals surface area (Å²) in [6.07, 6.45) is 19.6. The smallest absolute Gasteiger partial charge is 0.122 e. The molecule has 0 aliphatic rings. The topological polar surface area (TPSA) is 40.5 Å². The highest BCUT2D eigenvalue weighted by Gasteiger charge is 2.26. The lowest BCUT2D eigenvalue weighted by Gasteiger charge is -2.28. The number of phenolic OH excluding ortho intramolecular Hbond substituents is 2. The number of unbranched alkanes of at least 4 members (excludes halogenated alkanes) is 9. The summed E-state index contributed by atoms with van der Waals surface area (Å²) in [5.41, 5.74) is 7.37. The molecule has 0 saturated carbocycles. The molecule has 2 atom stereocenters. The molecule has 0 radical (unpaired) electrons. The lowest BCUT2D eigenvalue weighted by Crippen LogP contribution is -2.17. The van der Waals surface area contributed by atoms with Crippen LogP contribution in [0.25, 0.3) is 0 Å². The Morgan fingerprint density at radius 1 is 0.500 bits per heavy atom. The second-order valence-corrected chi connectivity index (χ2v) is 15.3. The summed E-state index contributed by atoms with van der Waals surface area (Å²) in [5, 5.41) is 22.2. The van der Waals surface area contributed by atoms with Crippen LogP contribution in [-0.4, -0.2) is 10.2 Å². The van der Waals surface area contributed by atoms with E-state index < -0.39 is 0 Å². The van der Waals surface area contributed by atoms with Crippen LogP contribution in [0.3, 0.4) is 0 Å². The van der Waals surface area contributed by atoms with Crippen LogP contribution in [0.2, 0.25) is 0 Å². The molecule has 2 rings (SSSR count). The zero-order valence-electron chi connectivity index (χ0n) is 30.7. The van der Waals surface area contributed by atoms with Crippen LogP contribution in [-0.2, 0) is 23.7 Å². The summed E-state index contributed by atoms with van der Waals surface area (Å²) >= 11 is 0. The van der Waals surface area contributed by atoms with E-state index in [1.54, 1.807) is 0 Å². The molecular weight excluding hydrogens is 536 g/mol. The first-order valence-corrected chi connectivity index (χ1v) is 18.5. The Labute approximate surface area is 273 Å². The van der Waals surface area contributed by atoms with E-state index in [1.165, 1.54) is 75.3 Å². The molecule has 2 aromatic carbocycles. The van der Waals surface area contributed by atoms with Crippen LogP contribution in [0.15, 0.2) is 24.3 Å². The molecular formula is C42H70O2. The van der Waals surface area contributed by atoms with Gasteiger partial charge in [-0.2, -0.15) is 0 Å². The Morgan fingerprint density at radius 2 is 0.795 bits per heavy atom. The predicted molar refractivity (Wildman–Crippen MR) is 194 cm³/mol. The fourth-order valence-electron chi connectivity index (χ4n) is 6.40. The van der Waals surface area contributed by atoms with Crippen molar-refractivity contribution in [3.63, 3.8) is 0 Å². The molecule has 0 aromatic heterocycles. The third kappa shape index (κ3) is 10.8. The van der Waals surface area contributed by atoms with Gasteiger partial charge in [0.1, 0.15) is 11.5 Å². The summed E-state index contributed by atoms with van der Waals surface area (Å²) in [6.45, 7) is 22.4. The number of aryl methyl sites for hydroxylation is 2. The molecule has 0 spiro atoms. The van der Waals surface area contributed by atoms with E-state index in [1.807, 2.05) is 0 Å². The van der Waals surface area contributed by atoms with Crippen LogP contribution in [0.4, 0.5) is 0 Å². The third-order valence-corrected chi connectivity index (χ3v) is 11.1. The average Bonchev–Trinajstić information content (AvgIpc) is 3.01. The molecule has 0 aliphatic heterocycles. The summed E-state index contributed by atoms with van der Waals surface area (Å²) in [5.74, 6) is 1.86. The zero-order chi connectivity index (χ0) is 32.9. The van der Waals surface area contributed by atoms with Crippen molar-refractivity contribution in [3.05, 3.63) is 57.6 Å². The Balaban J connectivity index is 1.72. The van der Waals surface area contributed by atoms with Crippen molar-refractivity contribution in [2.45, 2.75) is 195 Å². The fraction of sp³-hybridized carbons (Fsp3) is 0.714. The largest absolute Gasteiger partial charge is 0.507 e. The first-order valence-electron chi connectivity index (χ1n) is 18.5. The van der Waals surface area contributed by atoms with Gasteiger partial charge in [0.05, 0.1) is 0 Å². The maximum absolute atomic E-state index is 11.1. The lowest BCUT2D eigenvalue weighted by molar-refractivity contribution is 0.418. The van der Waals surface area contributed by atoms with E-state index in [-0.39, 0.29) is 10.8 Å². The molecule has 0 fully saturated rings. The van der Waals surface area contributed by atoms with Crippen LogP contribution in [0.5, 0.6) is 11.5 Å². The minimum Gasteiger partial charge on any atom is -0.507 e. The predicted octanol–water partition coefficient (Wildman–Crippen LogP) is 13.2. The van der Waals surface area contributed by atoms with Gasteiger partial charge < -0.3 is 10.2 Å². The maximum Gasteiger partial charge on any atom is 0.122 e. The van der Waals surface area contributed by atoms with E-state index in [0.717, 1.165) is 60.8 Å². The van der Waals surface area contributed by atoms with Gasteiger partial charge in [-0.1, -0.05) is 145 Å². The van der Waals surface area contributed by atoms with Gasteiger partial charge in [-0.25, -0.2) is 0 Å². The van der Waals surface area contributed by atoms with E-state index in [0.29, 0.717) is 23.3 Å². The Morgan fingerprint density at radius 3 is 1.07 bits per heavy atom. The quantitative estimate of drug-likeness (QED) is 0.139. The zero-order valence-corrected chi connectivity index (χ0v) is 30.7. The molecule has 0 saturated heterocycles. The van der Waals surface area contributed by atoms with Crippen molar-refractivity contribution in [3.8, 4) is 11.5 Å². The van der Waals surface area contributed by atoms with E-state index in [4.69, 9.17) is 0 Å². The number of aromatic hydroxyl groups is 2. The van der Waals surface area contributed by atoms with Gasteiger partial charge in [0.15, 0.2) is 0 Å². The van der Waals surface area contributed by atoms with Gasteiger partial charge >= 0.3 is 0 Å². The first kappa shape index (κ1) is 38.2. The van der Waals surface area contributed by atoms with Crippen molar-refractivity contribution in [2.75, 3.05) is 0 Å². The van der Waals surface area contributed by atoms with Gasteiger partial charge in [0.2, 0.25) is 0 Å². The first-order chi connectivity index (χ1) is 20.8. The fourth-order valence-corrected chi connectivity index (χ4v) is 6.40. The number of rotatable bonds is 21. The highest BCUT2D eigenvalue weighted by Crippen LogP contribution is 2.42. The SMILES string of the molecule is CCC(C)c1cc(CCCCCCCCCCCCc2cc(C(C)CC)c(O)c(C(C)(C)CC)c2)cc(C(C)(C)CC)c1O. The normalized spacial score (nSPS) is 13.8. The van der Waals surface area contributed by atoms with Gasteiger partial charge in [0, 0.05) is 11.1 Å². The molecule has 44 heavy (non-hydrogen) atoms. The summed E-state index contributed by atoms with van der Waals surface area (Å²) in [6, 6.07) is 9.16. The van der Waals surface area contributed by atoms with E-state index in [2.05, 4.69) is 93.5 Å². The minimum absolute atomic E-state index is 0.0000752. The highest BCUT2D eigenvalue weighted by molar-refractivity contribution is 5.50. The molecule has 0 heterocycles. The lowest BCUT2D eigenvalue weighted by atomic mass is 9.78. The van der Waals surface area contributed by atoms with E-state index in [9.17, 15) is 10.2 Å². The highest BCUT2D eigenvalue weighted by atomic mass is 16.3. The average molecular weight is 607 g/mol. The molecule has 2 N–H and O–H groups in total. The molecule has 2 unspecified atom stereocenters. The van der Waals surface area contributed by atoms with Crippen molar-refractivity contribution in [2.24, 2.45) is 0 Å². The number of phenols is 2.